The van der Waals surface area contributed by atoms with Gasteiger partial charge in [0.05, 0.1) is 16.1 Å². The summed E-state index contributed by atoms with van der Waals surface area (Å²) in [7, 11) is 0. The summed E-state index contributed by atoms with van der Waals surface area (Å²) in [6.45, 7) is 0. The van der Waals surface area contributed by atoms with Gasteiger partial charge in [0.2, 0.25) is 17.8 Å². The fraction of sp³-hybridized carbons (Fsp3) is 0. The molecular formula is C26H19N9O5. The van der Waals surface area contributed by atoms with E-state index in [1.54, 1.807) is 24.3 Å². The van der Waals surface area contributed by atoms with Crippen LogP contribution in [-0.2, 0) is 0 Å². The molecule has 14 heteroatoms. The van der Waals surface area contributed by atoms with E-state index in [2.05, 4.69) is 36.1 Å². The van der Waals surface area contributed by atoms with Gasteiger partial charge in [-0.2, -0.15) is 20.1 Å². The molecule has 0 radical (unpaired) electrons. The number of rotatable bonds is 10. The number of nitro benzene ring substituents is 2. The molecular weight excluding hydrogens is 518 g/mol. The maximum atomic E-state index is 11.1. The third-order valence-electron chi connectivity index (χ3n) is 5.32. The zero-order chi connectivity index (χ0) is 27.9. The van der Waals surface area contributed by atoms with Crippen LogP contribution in [-0.4, -0.2) is 31.0 Å². The van der Waals surface area contributed by atoms with Crippen molar-refractivity contribution in [1.82, 2.24) is 15.0 Å². The Hall–Kier alpha value is -6.18. The Kier molecular flexibility index (Phi) is 7.30. The number of aromatic nitrogens is 3. The second-order valence-corrected chi connectivity index (χ2v) is 8.11. The van der Waals surface area contributed by atoms with Crippen molar-refractivity contribution in [2.45, 2.75) is 0 Å². The van der Waals surface area contributed by atoms with Gasteiger partial charge < -0.3 is 15.1 Å². The van der Waals surface area contributed by atoms with Gasteiger partial charge in [0.25, 0.3) is 11.4 Å². The van der Waals surface area contributed by atoms with Crippen LogP contribution < -0.4 is 16.1 Å². The molecule has 0 aliphatic carbocycles. The molecule has 5 aromatic rings. The Bertz CT molecular complexity index is 1690. The quantitative estimate of drug-likeness (QED) is 0.110. The van der Waals surface area contributed by atoms with Crippen molar-refractivity contribution in [2.75, 3.05) is 16.1 Å². The highest BCUT2D eigenvalue weighted by atomic mass is 16.6. The monoisotopic (exact) mass is 537 g/mol. The van der Waals surface area contributed by atoms with Crippen LogP contribution in [0.5, 0.6) is 0 Å². The van der Waals surface area contributed by atoms with Gasteiger partial charge in [-0.3, -0.25) is 20.2 Å². The molecule has 0 aliphatic rings. The van der Waals surface area contributed by atoms with E-state index in [-0.39, 0.29) is 29.2 Å². The zero-order valence-electron chi connectivity index (χ0n) is 20.5. The minimum Gasteiger partial charge on any atom is -0.455 e. The number of anilines is 5. The smallest absolute Gasteiger partial charge is 0.270 e. The molecule has 3 N–H and O–H groups in total. The second-order valence-electron chi connectivity index (χ2n) is 8.11. The molecule has 2 heterocycles. The maximum Gasteiger partial charge on any atom is 0.270 e. The predicted molar refractivity (Wildman–Crippen MR) is 148 cm³/mol. The van der Waals surface area contributed by atoms with Crippen molar-refractivity contribution in [3.8, 4) is 11.3 Å². The van der Waals surface area contributed by atoms with Crippen LogP contribution in [0, 0.1) is 20.2 Å². The lowest BCUT2D eigenvalue weighted by atomic mass is 10.1. The summed E-state index contributed by atoms with van der Waals surface area (Å²) in [4.78, 5) is 34.0. The number of nitrogens with one attached hydrogen (secondary N) is 3. The summed E-state index contributed by atoms with van der Waals surface area (Å²) in [6.07, 6.45) is 1.40. The van der Waals surface area contributed by atoms with Crippen molar-refractivity contribution in [2.24, 2.45) is 5.10 Å². The van der Waals surface area contributed by atoms with Gasteiger partial charge in [-0.05, 0) is 36.4 Å². The molecule has 5 rings (SSSR count). The van der Waals surface area contributed by atoms with E-state index < -0.39 is 9.85 Å². The SMILES string of the molecule is O=[N+]([O-])c1ccc(Nc2nc(N/N=C/c3ccc(-c4cccc([N+](=O)[O-])c4)o3)nc(Nc3ccccc3)n2)cc1. The molecule has 40 heavy (non-hydrogen) atoms. The Balaban J connectivity index is 1.34. The highest BCUT2D eigenvalue weighted by molar-refractivity contribution is 5.78. The Labute approximate surface area is 225 Å². The van der Waals surface area contributed by atoms with Crippen LogP contribution in [0.15, 0.2) is 101 Å². The summed E-state index contributed by atoms with van der Waals surface area (Å²) in [5, 5.41) is 32.2. The van der Waals surface area contributed by atoms with Gasteiger partial charge in [-0.25, -0.2) is 5.43 Å². The standard InChI is InChI=1S/C26H19N9O5/c36-34(37)20-11-9-19(10-12-20)29-25-30-24(28-18-6-2-1-3-7-18)31-26(32-25)33-27-16-22-13-14-23(40-22)17-5-4-8-21(15-17)35(38)39/h1-16H,(H3,28,29,30,31,32,33)/b27-16+. The summed E-state index contributed by atoms with van der Waals surface area (Å²) >= 11 is 0. The minimum atomic E-state index is -0.486. The third kappa shape index (κ3) is 6.38. The Morgan fingerprint density at radius 2 is 1.35 bits per heavy atom. The van der Waals surface area contributed by atoms with E-state index in [0.717, 1.165) is 5.69 Å². The summed E-state index contributed by atoms with van der Waals surface area (Å²) < 4.78 is 5.74. The van der Waals surface area contributed by atoms with Crippen molar-refractivity contribution in [1.29, 1.82) is 0 Å². The number of hydrazone groups is 1. The average Bonchev–Trinajstić information content (AvgIpc) is 3.43. The van der Waals surface area contributed by atoms with Crippen LogP contribution in [0.1, 0.15) is 5.76 Å². The van der Waals surface area contributed by atoms with Crippen LogP contribution in [0.4, 0.5) is 40.6 Å². The first-order valence-electron chi connectivity index (χ1n) is 11.7. The molecule has 0 bridgehead atoms. The molecule has 198 valence electrons. The number of para-hydroxylation sites is 1. The normalized spacial score (nSPS) is 10.8. The van der Waals surface area contributed by atoms with Crippen LogP contribution in [0.25, 0.3) is 11.3 Å². The Morgan fingerprint density at radius 1 is 0.700 bits per heavy atom. The van der Waals surface area contributed by atoms with E-state index in [9.17, 15) is 20.2 Å². The lowest BCUT2D eigenvalue weighted by Crippen LogP contribution is -2.07. The molecule has 0 fully saturated rings. The molecule has 14 nitrogen and oxygen atoms in total. The first-order chi connectivity index (χ1) is 19.4. The molecule has 2 aromatic heterocycles. The van der Waals surface area contributed by atoms with Gasteiger partial charge in [-0.1, -0.05) is 30.3 Å². The lowest BCUT2D eigenvalue weighted by molar-refractivity contribution is -0.385. The molecule has 0 spiro atoms. The second kappa shape index (κ2) is 11.5. The van der Waals surface area contributed by atoms with Gasteiger partial charge in [0.15, 0.2) is 0 Å². The van der Waals surface area contributed by atoms with E-state index in [0.29, 0.717) is 22.8 Å². The van der Waals surface area contributed by atoms with Gasteiger partial charge >= 0.3 is 0 Å². The van der Waals surface area contributed by atoms with Gasteiger partial charge in [0, 0.05) is 41.2 Å². The summed E-state index contributed by atoms with van der Waals surface area (Å²) in [5.41, 5.74) is 4.47. The van der Waals surface area contributed by atoms with Gasteiger partial charge in [-0.15, -0.1) is 0 Å². The predicted octanol–water partition coefficient (Wildman–Crippen LogP) is 5.88. The Morgan fingerprint density at radius 3 is 2.02 bits per heavy atom. The summed E-state index contributed by atoms with van der Waals surface area (Å²) in [5.74, 6) is 1.30. The van der Waals surface area contributed by atoms with E-state index in [1.165, 1.54) is 42.6 Å². The van der Waals surface area contributed by atoms with Gasteiger partial charge in [0.1, 0.15) is 11.5 Å². The van der Waals surface area contributed by atoms with E-state index in [4.69, 9.17) is 4.42 Å². The first-order valence-corrected chi connectivity index (χ1v) is 11.7. The molecule has 0 saturated heterocycles. The van der Waals surface area contributed by atoms with Crippen molar-refractivity contribution >= 4 is 46.8 Å². The zero-order valence-corrected chi connectivity index (χ0v) is 20.5. The van der Waals surface area contributed by atoms with E-state index in [1.807, 2.05) is 30.3 Å². The number of non-ortho nitro benzene ring substituents is 2. The number of hydrogen-bond acceptors (Lipinski definition) is 12. The fourth-order valence-corrected chi connectivity index (χ4v) is 3.49. The lowest BCUT2D eigenvalue weighted by Gasteiger charge is -2.10. The van der Waals surface area contributed by atoms with Crippen molar-refractivity contribution in [3.05, 3.63) is 117 Å². The highest BCUT2D eigenvalue weighted by Gasteiger charge is 2.11. The summed E-state index contributed by atoms with van der Waals surface area (Å²) in [6, 6.07) is 24.5. The molecule has 0 atom stereocenters. The van der Waals surface area contributed by atoms with Crippen LogP contribution in [0.2, 0.25) is 0 Å². The molecule has 0 aliphatic heterocycles. The number of hydrogen-bond donors (Lipinski definition) is 3. The fourth-order valence-electron chi connectivity index (χ4n) is 3.49. The largest absolute Gasteiger partial charge is 0.455 e. The highest BCUT2D eigenvalue weighted by Crippen LogP contribution is 2.25. The molecule has 0 amide bonds. The van der Waals surface area contributed by atoms with Crippen LogP contribution >= 0.6 is 0 Å². The minimum absolute atomic E-state index is 0.0429. The topological polar surface area (TPSA) is 187 Å². The number of furan rings is 1. The third-order valence-corrected chi connectivity index (χ3v) is 5.32. The molecule has 0 unspecified atom stereocenters. The number of nitro groups is 2. The number of benzene rings is 3. The average molecular weight is 537 g/mol. The maximum absolute atomic E-state index is 11.1. The molecule has 0 saturated carbocycles. The van der Waals surface area contributed by atoms with E-state index >= 15 is 0 Å². The first kappa shape index (κ1) is 25.5. The van der Waals surface area contributed by atoms with Crippen molar-refractivity contribution < 1.29 is 14.3 Å². The molecule has 3 aromatic carbocycles. The van der Waals surface area contributed by atoms with Crippen LogP contribution in [0.3, 0.4) is 0 Å². The number of nitrogens with zero attached hydrogens (tertiary/aromatic N) is 6. The van der Waals surface area contributed by atoms with Crippen molar-refractivity contribution in [3.63, 3.8) is 0 Å².